The van der Waals surface area contributed by atoms with Gasteiger partial charge in [0, 0.05) is 93.5 Å². The molecule has 50 heavy (non-hydrogen) atoms. The molecular formula is C38H48FN9O2. The molecule has 6 fully saturated rings. The molecule has 1 aromatic carbocycles. The Morgan fingerprint density at radius 3 is 2.54 bits per heavy atom. The summed E-state index contributed by atoms with van der Waals surface area (Å²) in [5, 5.41) is 8.45. The Morgan fingerprint density at radius 1 is 0.980 bits per heavy atom. The molecule has 11 nitrogen and oxygen atoms in total. The predicted octanol–water partition coefficient (Wildman–Crippen LogP) is 5.15. The molecule has 6 heterocycles. The van der Waals surface area contributed by atoms with Crippen LogP contribution in [-0.2, 0) is 4.79 Å². The lowest BCUT2D eigenvalue weighted by Gasteiger charge is -2.58. The average molecular weight is 682 g/mol. The van der Waals surface area contributed by atoms with Gasteiger partial charge in [0.25, 0.3) is 5.88 Å². The number of hydrogen-bond acceptors (Lipinski definition) is 10. The Kier molecular flexibility index (Phi) is 7.83. The zero-order chi connectivity index (χ0) is 34.2. The minimum absolute atomic E-state index is 0.119. The standard InChI is InChI=1S/C38H48FN9O2/c1-24(2)34(27-14-29(15-27)45-12-9-38(21-45)10-13-48(38)25(3)49)47-19-37(20-47)8-11-46(18-37)35-36(44-43-23-42-35)50-32-7-6-28(39)16-30(32)31-17-40-22-41-33(31)26-4-5-26/h6-7,16-17,22-24,26-27,29,34H,4-5,8-15,18-21H2,1-3H3/t27?,29?,34-,38-/m1/s1. The fourth-order valence-corrected chi connectivity index (χ4v) is 10.2. The maximum Gasteiger partial charge on any atom is 0.282 e. The van der Waals surface area contributed by atoms with Crippen molar-refractivity contribution in [2.24, 2.45) is 17.3 Å². The van der Waals surface area contributed by atoms with Gasteiger partial charge in [-0.15, -0.1) is 10.2 Å². The first-order chi connectivity index (χ1) is 24.2. The van der Waals surface area contributed by atoms with E-state index in [0.29, 0.717) is 46.9 Å². The second-order valence-corrected chi connectivity index (χ2v) is 16.5. The van der Waals surface area contributed by atoms with E-state index in [1.165, 1.54) is 31.3 Å². The largest absolute Gasteiger partial charge is 0.434 e. The number of aromatic nitrogens is 5. The van der Waals surface area contributed by atoms with E-state index >= 15 is 0 Å². The zero-order valence-corrected chi connectivity index (χ0v) is 29.5. The SMILES string of the molecule is CC(=O)N1CC[C@@]12CCN(C1CC([C@@H](C(C)C)N3CC4(CCN(c5ncnnc5Oc5ccc(F)cc5-c5cncnc5C5CC5)C4)C3)C1)C2. The molecule has 9 rings (SSSR count). The van der Waals surface area contributed by atoms with Gasteiger partial charge in [0.2, 0.25) is 5.91 Å². The number of amides is 1. The van der Waals surface area contributed by atoms with Crippen LogP contribution < -0.4 is 9.64 Å². The highest BCUT2D eigenvalue weighted by Gasteiger charge is 2.56. The highest BCUT2D eigenvalue weighted by molar-refractivity contribution is 5.75. The Morgan fingerprint density at radius 2 is 1.80 bits per heavy atom. The highest BCUT2D eigenvalue weighted by Crippen LogP contribution is 2.50. The van der Waals surface area contributed by atoms with Crippen LogP contribution >= 0.6 is 0 Å². The molecule has 2 saturated carbocycles. The summed E-state index contributed by atoms with van der Waals surface area (Å²) in [6, 6.07) is 5.80. The average Bonchev–Trinajstić information content (AvgIpc) is 3.64. The van der Waals surface area contributed by atoms with E-state index in [1.807, 2.05) is 0 Å². The van der Waals surface area contributed by atoms with Gasteiger partial charge < -0.3 is 14.5 Å². The predicted molar refractivity (Wildman–Crippen MR) is 186 cm³/mol. The molecule has 0 bridgehead atoms. The number of ether oxygens (including phenoxy) is 1. The molecular weight excluding hydrogens is 633 g/mol. The van der Waals surface area contributed by atoms with Crippen LogP contribution in [0.15, 0.2) is 37.1 Å². The number of nitrogens with zero attached hydrogens (tertiary/aromatic N) is 9. The number of benzene rings is 1. The molecule has 0 unspecified atom stereocenters. The van der Waals surface area contributed by atoms with Gasteiger partial charge >= 0.3 is 0 Å². The van der Waals surface area contributed by atoms with Crippen LogP contribution in [0.25, 0.3) is 11.1 Å². The minimum atomic E-state index is -0.345. The van der Waals surface area contributed by atoms with Crippen molar-refractivity contribution < 1.29 is 13.9 Å². The summed E-state index contributed by atoms with van der Waals surface area (Å²) in [4.78, 5) is 35.5. The molecule has 12 heteroatoms. The lowest BCUT2D eigenvalue weighted by Crippen LogP contribution is -2.66. The van der Waals surface area contributed by atoms with Crippen molar-refractivity contribution in [2.75, 3.05) is 50.7 Å². The van der Waals surface area contributed by atoms with Gasteiger partial charge in [0.05, 0.1) is 11.2 Å². The lowest BCUT2D eigenvalue weighted by atomic mass is 9.68. The molecule has 2 aromatic heterocycles. The molecule has 264 valence electrons. The second kappa shape index (κ2) is 12.2. The number of carbonyl (C=O) groups excluding carboxylic acids is 1. The van der Waals surface area contributed by atoms with Crippen LogP contribution in [0.5, 0.6) is 11.6 Å². The molecule has 4 saturated heterocycles. The maximum absolute atomic E-state index is 14.6. The van der Waals surface area contributed by atoms with Crippen molar-refractivity contribution in [2.45, 2.75) is 89.3 Å². The third-order valence-electron chi connectivity index (χ3n) is 12.9. The molecule has 2 aliphatic carbocycles. The Hall–Kier alpha value is -3.77. The molecule has 6 aliphatic rings. The summed E-state index contributed by atoms with van der Waals surface area (Å²) in [6.45, 7) is 13.6. The summed E-state index contributed by atoms with van der Waals surface area (Å²) in [5.74, 6) is 3.09. The number of anilines is 1. The zero-order valence-electron chi connectivity index (χ0n) is 29.5. The van der Waals surface area contributed by atoms with E-state index in [2.05, 4.69) is 58.6 Å². The number of halogens is 1. The van der Waals surface area contributed by atoms with Crippen molar-refractivity contribution in [3.05, 3.63) is 48.6 Å². The first-order valence-corrected chi connectivity index (χ1v) is 18.7. The molecule has 0 radical (unpaired) electrons. The van der Waals surface area contributed by atoms with E-state index in [1.54, 1.807) is 25.5 Å². The normalized spacial score (nSPS) is 28.2. The van der Waals surface area contributed by atoms with Crippen LogP contribution in [0, 0.1) is 23.1 Å². The van der Waals surface area contributed by atoms with Crippen molar-refractivity contribution in [1.82, 2.24) is 39.8 Å². The fourth-order valence-electron chi connectivity index (χ4n) is 10.2. The van der Waals surface area contributed by atoms with Crippen LogP contribution in [0.2, 0.25) is 0 Å². The van der Waals surface area contributed by atoms with E-state index in [9.17, 15) is 9.18 Å². The monoisotopic (exact) mass is 681 g/mol. The van der Waals surface area contributed by atoms with Crippen LogP contribution in [0.4, 0.5) is 10.2 Å². The van der Waals surface area contributed by atoms with Gasteiger partial charge in [-0.25, -0.2) is 19.3 Å². The van der Waals surface area contributed by atoms with E-state index in [0.717, 1.165) is 95.1 Å². The molecule has 1 amide bonds. The smallest absolute Gasteiger partial charge is 0.282 e. The van der Waals surface area contributed by atoms with Gasteiger partial charge in [0.15, 0.2) is 5.82 Å². The maximum atomic E-state index is 14.6. The van der Waals surface area contributed by atoms with Gasteiger partial charge in [-0.1, -0.05) is 13.8 Å². The molecule has 2 spiro atoms. The first-order valence-electron chi connectivity index (χ1n) is 18.7. The number of likely N-dealkylation sites (tertiary alicyclic amines) is 3. The third kappa shape index (κ3) is 5.53. The number of hydrogen-bond donors (Lipinski definition) is 0. The van der Waals surface area contributed by atoms with Crippen molar-refractivity contribution >= 4 is 11.7 Å². The third-order valence-corrected chi connectivity index (χ3v) is 12.9. The van der Waals surface area contributed by atoms with Crippen molar-refractivity contribution in [3.63, 3.8) is 0 Å². The summed E-state index contributed by atoms with van der Waals surface area (Å²) < 4.78 is 21.0. The highest BCUT2D eigenvalue weighted by atomic mass is 19.1. The fraction of sp³-hybridized carbons (Fsp3) is 0.632. The lowest BCUT2D eigenvalue weighted by molar-refractivity contribution is -0.144. The quantitative estimate of drug-likeness (QED) is 0.301. The van der Waals surface area contributed by atoms with E-state index in [-0.39, 0.29) is 22.7 Å². The van der Waals surface area contributed by atoms with E-state index < -0.39 is 0 Å². The molecule has 2 atom stereocenters. The van der Waals surface area contributed by atoms with Gasteiger partial charge in [0.1, 0.15) is 24.2 Å². The van der Waals surface area contributed by atoms with Crippen LogP contribution in [0.1, 0.15) is 77.3 Å². The summed E-state index contributed by atoms with van der Waals surface area (Å²) in [5.41, 5.74) is 2.67. The van der Waals surface area contributed by atoms with Crippen LogP contribution in [-0.4, -0.2) is 109 Å². The Bertz CT molecular complexity index is 1770. The molecule has 3 aromatic rings. The Balaban J connectivity index is 0.851. The Labute approximate surface area is 293 Å². The number of rotatable bonds is 9. The number of carbonyl (C=O) groups is 1. The van der Waals surface area contributed by atoms with Gasteiger partial charge in [-0.2, -0.15) is 0 Å². The second-order valence-electron chi connectivity index (χ2n) is 16.5. The molecule has 4 aliphatic heterocycles. The molecule has 0 N–H and O–H groups in total. The van der Waals surface area contributed by atoms with Crippen molar-refractivity contribution in [1.29, 1.82) is 0 Å². The van der Waals surface area contributed by atoms with Crippen molar-refractivity contribution in [3.8, 4) is 22.8 Å². The first kappa shape index (κ1) is 32.2. The topological polar surface area (TPSA) is 104 Å². The minimum Gasteiger partial charge on any atom is -0.434 e. The summed E-state index contributed by atoms with van der Waals surface area (Å²) >= 11 is 0. The summed E-state index contributed by atoms with van der Waals surface area (Å²) in [6.07, 6.45) is 12.9. The van der Waals surface area contributed by atoms with Gasteiger partial charge in [-0.3, -0.25) is 14.6 Å². The van der Waals surface area contributed by atoms with Crippen LogP contribution in [0.3, 0.4) is 0 Å². The summed E-state index contributed by atoms with van der Waals surface area (Å²) in [7, 11) is 0. The van der Waals surface area contributed by atoms with E-state index in [4.69, 9.17) is 4.74 Å². The van der Waals surface area contributed by atoms with Gasteiger partial charge in [-0.05, 0) is 75.0 Å².